The normalized spacial score (nSPS) is 13.2. The molecule has 0 bridgehead atoms. The Morgan fingerprint density at radius 2 is 1.71 bits per heavy atom. The molecule has 0 spiro atoms. The Labute approximate surface area is 183 Å². The number of carbonyl (C=O) groups is 3. The molecular formula is C22H22N4O4S. The molecule has 0 saturated carbocycles. The maximum Gasteiger partial charge on any atom is 0.262 e. The van der Waals surface area contributed by atoms with Gasteiger partial charge in [0.1, 0.15) is 17.8 Å². The Bertz CT molecular complexity index is 1140. The molecule has 0 fully saturated rings. The van der Waals surface area contributed by atoms with E-state index in [1.807, 2.05) is 37.2 Å². The number of hydrogen-bond acceptors (Lipinski definition) is 7. The molecule has 0 saturated heterocycles. The molecule has 0 unspecified atom stereocenters. The van der Waals surface area contributed by atoms with Gasteiger partial charge in [0.15, 0.2) is 5.13 Å². The van der Waals surface area contributed by atoms with E-state index in [0.717, 1.165) is 9.60 Å². The summed E-state index contributed by atoms with van der Waals surface area (Å²) in [4.78, 5) is 47.8. The predicted octanol–water partition coefficient (Wildman–Crippen LogP) is 2.50. The van der Waals surface area contributed by atoms with Crippen molar-refractivity contribution in [1.29, 1.82) is 0 Å². The number of aromatic nitrogens is 1. The zero-order valence-electron chi connectivity index (χ0n) is 17.5. The van der Waals surface area contributed by atoms with Crippen LogP contribution in [0.4, 0.5) is 5.13 Å². The summed E-state index contributed by atoms with van der Waals surface area (Å²) in [6.07, 6.45) is 0. The highest BCUT2D eigenvalue weighted by molar-refractivity contribution is 7.22. The van der Waals surface area contributed by atoms with Crippen LogP contribution in [0.25, 0.3) is 10.2 Å². The molecule has 2 heterocycles. The summed E-state index contributed by atoms with van der Waals surface area (Å²) < 4.78 is 6.27. The number of thiazole rings is 1. The van der Waals surface area contributed by atoms with E-state index in [2.05, 4.69) is 4.98 Å². The van der Waals surface area contributed by atoms with Gasteiger partial charge in [-0.3, -0.25) is 24.2 Å². The van der Waals surface area contributed by atoms with Crippen LogP contribution in [0.2, 0.25) is 0 Å². The topological polar surface area (TPSA) is 83.0 Å². The number of nitrogens with zero attached hydrogens (tertiary/aromatic N) is 4. The molecule has 3 aromatic rings. The number of para-hydroxylation sites is 1. The lowest BCUT2D eigenvalue weighted by molar-refractivity contribution is -0.119. The smallest absolute Gasteiger partial charge is 0.262 e. The van der Waals surface area contributed by atoms with Gasteiger partial charge in [0.2, 0.25) is 5.91 Å². The number of likely N-dealkylation sites (N-methyl/N-ethyl adjacent to an activating group) is 1. The molecule has 0 radical (unpaired) electrons. The van der Waals surface area contributed by atoms with Gasteiger partial charge in [-0.15, -0.1) is 0 Å². The average molecular weight is 439 g/mol. The average Bonchev–Trinajstić information content (AvgIpc) is 3.29. The highest BCUT2D eigenvalue weighted by Crippen LogP contribution is 2.34. The maximum atomic E-state index is 13.3. The first-order valence-corrected chi connectivity index (χ1v) is 10.6. The van der Waals surface area contributed by atoms with E-state index in [4.69, 9.17) is 4.74 Å². The third-order valence-electron chi connectivity index (χ3n) is 5.06. The number of ether oxygens (including phenoxy) is 1. The van der Waals surface area contributed by atoms with E-state index in [1.165, 1.54) is 16.2 Å². The first kappa shape index (κ1) is 21.0. The summed E-state index contributed by atoms with van der Waals surface area (Å²) in [5.74, 6) is -0.644. The summed E-state index contributed by atoms with van der Waals surface area (Å²) in [5, 5.41) is 0.503. The number of imide groups is 1. The van der Waals surface area contributed by atoms with Crippen LogP contribution in [0.3, 0.4) is 0 Å². The van der Waals surface area contributed by atoms with Gasteiger partial charge in [-0.05, 0) is 38.4 Å². The number of carbonyl (C=O) groups excluding carboxylic acids is 3. The van der Waals surface area contributed by atoms with Crippen molar-refractivity contribution in [3.8, 4) is 5.75 Å². The van der Waals surface area contributed by atoms with Crippen molar-refractivity contribution in [2.45, 2.75) is 0 Å². The molecule has 1 aromatic heterocycles. The fourth-order valence-corrected chi connectivity index (χ4v) is 4.45. The van der Waals surface area contributed by atoms with E-state index in [9.17, 15) is 14.4 Å². The molecule has 0 aliphatic carbocycles. The van der Waals surface area contributed by atoms with Crippen molar-refractivity contribution in [2.75, 3.05) is 45.7 Å². The lowest BCUT2D eigenvalue weighted by atomic mass is 10.1. The minimum Gasteiger partial charge on any atom is -0.494 e. The number of fused-ring (bicyclic) bond motifs is 2. The predicted molar refractivity (Wildman–Crippen MR) is 119 cm³/mol. The highest BCUT2D eigenvalue weighted by Gasteiger charge is 2.37. The number of benzene rings is 2. The van der Waals surface area contributed by atoms with Crippen LogP contribution in [-0.2, 0) is 4.79 Å². The summed E-state index contributed by atoms with van der Waals surface area (Å²) in [7, 11) is 5.40. The summed E-state index contributed by atoms with van der Waals surface area (Å²) in [6.45, 7) is 0.630. The number of anilines is 1. The van der Waals surface area contributed by atoms with Crippen molar-refractivity contribution in [3.05, 3.63) is 53.6 Å². The molecule has 160 valence electrons. The lowest BCUT2D eigenvalue weighted by Crippen LogP contribution is -2.45. The minimum absolute atomic E-state index is 0.324. The molecule has 31 heavy (non-hydrogen) atoms. The van der Waals surface area contributed by atoms with Gasteiger partial charge in [0.05, 0.1) is 22.9 Å². The number of rotatable bonds is 7. The number of methoxy groups -OCH3 is 1. The largest absolute Gasteiger partial charge is 0.494 e. The molecule has 9 heteroatoms. The second-order valence-corrected chi connectivity index (χ2v) is 8.40. The Morgan fingerprint density at radius 3 is 2.32 bits per heavy atom. The SMILES string of the molecule is COc1cccc2sc(N(CCN(C)C)C(=O)CN3C(=O)c4ccccc4C3=O)nc12. The van der Waals surface area contributed by atoms with E-state index in [1.54, 1.807) is 31.4 Å². The van der Waals surface area contributed by atoms with Gasteiger partial charge in [-0.2, -0.15) is 0 Å². The van der Waals surface area contributed by atoms with Crippen molar-refractivity contribution in [2.24, 2.45) is 0 Å². The molecule has 4 rings (SSSR count). The van der Waals surface area contributed by atoms with Gasteiger partial charge >= 0.3 is 0 Å². The maximum absolute atomic E-state index is 13.3. The Kier molecular flexibility index (Phi) is 5.71. The molecule has 0 atom stereocenters. The summed E-state index contributed by atoms with van der Waals surface area (Å²) >= 11 is 1.37. The molecule has 2 aromatic carbocycles. The second kappa shape index (κ2) is 8.44. The molecule has 0 N–H and O–H groups in total. The van der Waals surface area contributed by atoms with Gasteiger partial charge in [0, 0.05) is 13.1 Å². The monoisotopic (exact) mass is 438 g/mol. The first-order valence-electron chi connectivity index (χ1n) is 9.74. The quantitative estimate of drug-likeness (QED) is 0.527. The third kappa shape index (κ3) is 3.89. The lowest BCUT2D eigenvalue weighted by Gasteiger charge is -2.24. The number of hydrogen-bond donors (Lipinski definition) is 0. The fraction of sp³-hybridized carbons (Fsp3) is 0.273. The zero-order valence-corrected chi connectivity index (χ0v) is 18.3. The van der Waals surface area contributed by atoms with E-state index in [-0.39, 0.29) is 12.5 Å². The van der Waals surface area contributed by atoms with Crippen LogP contribution < -0.4 is 9.64 Å². The molecular weight excluding hydrogens is 416 g/mol. The van der Waals surface area contributed by atoms with Crippen LogP contribution in [-0.4, -0.2) is 73.3 Å². The van der Waals surface area contributed by atoms with Gasteiger partial charge in [-0.25, -0.2) is 4.98 Å². The Hall–Kier alpha value is -3.30. The van der Waals surface area contributed by atoms with Crippen molar-refractivity contribution in [3.63, 3.8) is 0 Å². The van der Waals surface area contributed by atoms with E-state index < -0.39 is 11.8 Å². The van der Waals surface area contributed by atoms with Crippen LogP contribution in [0.5, 0.6) is 5.75 Å². The van der Waals surface area contributed by atoms with Crippen LogP contribution in [0.1, 0.15) is 20.7 Å². The van der Waals surface area contributed by atoms with Gasteiger partial charge in [0.25, 0.3) is 11.8 Å². The molecule has 1 aliphatic rings. The third-order valence-corrected chi connectivity index (χ3v) is 6.11. The molecule has 3 amide bonds. The van der Waals surface area contributed by atoms with Crippen LogP contribution in [0, 0.1) is 0 Å². The van der Waals surface area contributed by atoms with Crippen LogP contribution in [0.15, 0.2) is 42.5 Å². The van der Waals surface area contributed by atoms with Crippen molar-refractivity contribution < 1.29 is 19.1 Å². The Balaban J connectivity index is 1.63. The minimum atomic E-state index is -0.451. The Morgan fingerprint density at radius 1 is 1.03 bits per heavy atom. The van der Waals surface area contributed by atoms with Crippen LogP contribution >= 0.6 is 11.3 Å². The second-order valence-electron chi connectivity index (χ2n) is 7.39. The zero-order chi connectivity index (χ0) is 22.1. The van der Waals surface area contributed by atoms with E-state index in [0.29, 0.717) is 40.6 Å². The molecule has 8 nitrogen and oxygen atoms in total. The number of amides is 3. The highest BCUT2D eigenvalue weighted by atomic mass is 32.1. The van der Waals surface area contributed by atoms with E-state index >= 15 is 0 Å². The standard InChI is InChI=1S/C22H22N4O4S/c1-24(2)11-12-25(22-23-19-16(30-3)9-6-10-17(19)31-22)18(27)13-26-20(28)14-7-4-5-8-15(14)21(26)29/h4-10H,11-13H2,1-3H3. The first-order chi connectivity index (χ1) is 14.9. The molecule has 1 aliphatic heterocycles. The fourth-order valence-electron chi connectivity index (χ4n) is 3.42. The van der Waals surface area contributed by atoms with Gasteiger partial charge < -0.3 is 9.64 Å². The summed E-state index contributed by atoms with van der Waals surface area (Å²) in [5.41, 5.74) is 1.32. The van der Waals surface area contributed by atoms with Crippen molar-refractivity contribution in [1.82, 2.24) is 14.8 Å². The summed E-state index contributed by atoms with van der Waals surface area (Å²) in [6, 6.07) is 12.2. The van der Waals surface area contributed by atoms with Crippen molar-refractivity contribution >= 4 is 44.4 Å². The van der Waals surface area contributed by atoms with Gasteiger partial charge in [-0.1, -0.05) is 29.5 Å².